The van der Waals surface area contributed by atoms with Crippen molar-refractivity contribution in [3.05, 3.63) is 53.8 Å². The fraction of sp³-hybridized carbons (Fsp3) is 0.250. The van der Waals surface area contributed by atoms with Gasteiger partial charge in [-0.3, -0.25) is 20.9 Å². The van der Waals surface area contributed by atoms with Crippen LogP contribution < -0.4 is 21.5 Å². The Bertz CT molecular complexity index is 993. The summed E-state index contributed by atoms with van der Waals surface area (Å²) in [6, 6.07) is 11.7. The molecule has 1 atom stereocenters. The van der Waals surface area contributed by atoms with Gasteiger partial charge < -0.3 is 10.1 Å². The Morgan fingerprint density at radius 2 is 2.07 bits per heavy atom. The molecule has 0 aromatic heterocycles. The summed E-state index contributed by atoms with van der Waals surface area (Å²) in [7, 11) is 0. The van der Waals surface area contributed by atoms with Crippen LogP contribution in [0.25, 0.3) is 11.1 Å². The predicted molar refractivity (Wildman–Crippen MR) is 108 cm³/mol. The summed E-state index contributed by atoms with van der Waals surface area (Å²) < 4.78 is 20.0. The molecule has 30 heavy (non-hydrogen) atoms. The molecule has 9 nitrogen and oxygen atoms in total. The number of cyclic esters (lactones) is 1. The van der Waals surface area contributed by atoms with Crippen LogP contribution in [0.3, 0.4) is 0 Å². The zero-order valence-electron chi connectivity index (χ0n) is 16.3. The second-order valence-electron chi connectivity index (χ2n) is 6.80. The molecule has 0 spiro atoms. The Balaban J connectivity index is 1.72. The lowest BCUT2D eigenvalue weighted by molar-refractivity contribution is -0.119. The number of anilines is 1. The second kappa shape index (κ2) is 9.12. The van der Waals surface area contributed by atoms with E-state index < -0.39 is 18.0 Å². The number of hydrogen-bond donors (Lipinski definition) is 3. The first kappa shape index (κ1) is 20.9. The highest BCUT2D eigenvalue weighted by molar-refractivity contribution is 5.90. The Morgan fingerprint density at radius 3 is 2.70 bits per heavy atom. The molecule has 0 radical (unpaired) electrons. The summed E-state index contributed by atoms with van der Waals surface area (Å²) in [5.41, 5.74) is 2.34. The molecular formula is C20H22FN6O3+. The Labute approximate surface area is 172 Å². The van der Waals surface area contributed by atoms with E-state index in [1.165, 1.54) is 17.9 Å². The van der Waals surface area contributed by atoms with Crippen molar-refractivity contribution in [2.24, 2.45) is 16.2 Å². The minimum atomic E-state index is -0.578. The van der Waals surface area contributed by atoms with E-state index >= 15 is 0 Å². The molecule has 2 aromatic rings. The monoisotopic (exact) mass is 413 g/mol. The van der Waals surface area contributed by atoms with E-state index in [1.807, 2.05) is 12.1 Å². The van der Waals surface area contributed by atoms with Crippen molar-refractivity contribution in [3.63, 3.8) is 0 Å². The molecule has 1 saturated heterocycles. The minimum Gasteiger partial charge on any atom is -0.442 e. The van der Waals surface area contributed by atoms with E-state index in [0.29, 0.717) is 23.2 Å². The van der Waals surface area contributed by atoms with Gasteiger partial charge in [-0.1, -0.05) is 24.3 Å². The molecule has 10 heteroatoms. The van der Waals surface area contributed by atoms with E-state index in [-0.39, 0.29) is 24.8 Å². The number of carbonyl (C=O) groups is 2. The van der Waals surface area contributed by atoms with Gasteiger partial charge in [0.05, 0.1) is 30.3 Å². The van der Waals surface area contributed by atoms with Crippen molar-refractivity contribution in [1.29, 1.82) is 0 Å². The van der Waals surface area contributed by atoms with Gasteiger partial charge in [-0.15, -0.1) is 0 Å². The summed E-state index contributed by atoms with van der Waals surface area (Å²) in [5.74, 6) is 4.56. The van der Waals surface area contributed by atoms with Crippen LogP contribution in [0.15, 0.2) is 52.8 Å². The van der Waals surface area contributed by atoms with Crippen molar-refractivity contribution in [1.82, 2.24) is 5.32 Å². The van der Waals surface area contributed by atoms with Gasteiger partial charge in [-0.05, 0) is 29.3 Å². The van der Waals surface area contributed by atoms with Crippen LogP contribution in [-0.4, -0.2) is 37.0 Å². The number of ether oxygens (including phenoxy) is 1. The van der Waals surface area contributed by atoms with Crippen molar-refractivity contribution in [2.45, 2.75) is 19.4 Å². The maximum Gasteiger partial charge on any atom is 0.414 e. The van der Waals surface area contributed by atoms with E-state index in [0.717, 1.165) is 5.56 Å². The van der Waals surface area contributed by atoms with Crippen LogP contribution in [-0.2, 0) is 16.0 Å². The van der Waals surface area contributed by atoms with Crippen molar-refractivity contribution in [2.75, 3.05) is 18.0 Å². The van der Waals surface area contributed by atoms with Crippen LogP contribution in [0.2, 0.25) is 0 Å². The Kier molecular flexibility index (Phi) is 6.35. The first-order valence-corrected chi connectivity index (χ1v) is 9.21. The quantitative estimate of drug-likeness (QED) is 0.214. The molecule has 5 N–H and O–H groups in total. The molecule has 2 aromatic carbocycles. The van der Waals surface area contributed by atoms with Crippen LogP contribution in [0.1, 0.15) is 12.5 Å². The summed E-state index contributed by atoms with van der Waals surface area (Å²) in [4.78, 5) is 24.5. The summed E-state index contributed by atoms with van der Waals surface area (Å²) in [6.07, 6.45) is -0.691. The van der Waals surface area contributed by atoms with Gasteiger partial charge in [-0.25, -0.2) is 9.18 Å². The number of nitrogens with two attached hydrogens (primary N) is 2. The van der Waals surface area contributed by atoms with E-state index in [2.05, 4.69) is 15.7 Å². The lowest BCUT2D eigenvalue weighted by Gasteiger charge is -2.14. The first-order valence-electron chi connectivity index (χ1n) is 9.21. The van der Waals surface area contributed by atoms with Gasteiger partial charge in [0, 0.05) is 17.7 Å². The topological polar surface area (TPSA) is 135 Å². The molecular weight excluding hydrogens is 391 g/mol. The first-order chi connectivity index (χ1) is 14.4. The van der Waals surface area contributed by atoms with Crippen molar-refractivity contribution >= 4 is 23.5 Å². The van der Waals surface area contributed by atoms with E-state index in [4.69, 9.17) is 16.0 Å². The SMILES string of the molecule is CC(=O)NC[C@H]1CN(c2ccc(-c3ccc(CC(=[NH2+])N=NN)cc3)c(F)c2)C(=O)O1. The van der Waals surface area contributed by atoms with Gasteiger partial charge in [0.25, 0.3) is 0 Å². The second-order valence-corrected chi connectivity index (χ2v) is 6.80. The smallest absolute Gasteiger partial charge is 0.414 e. The lowest BCUT2D eigenvalue weighted by Crippen LogP contribution is -2.39. The molecule has 1 aliphatic heterocycles. The largest absolute Gasteiger partial charge is 0.442 e. The van der Waals surface area contributed by atoms with E-state index in [9.17, 15) is 14.0 Å². The third kappa shape index (κ3) is 4.96. The summed E-state index contributed by atoms with van der Waals surface area (Å²) >= 11 is 0. The molecule has 1 aliphatic rings. The number of amidine groups is 1. The van der Waals surface area contributed by atoms with Crippen LogP contribution in [0.5, 0.6) is 0 Å². The number of nitrogens with zero attached hydrogens (tertiary/aromatic N) is 3. The molecule has 0 aliphatic carbocycles. The zero-order chi connectivity index (χ0) is 21.7. The number of benzene rings is 2. The maximum absolute atomic E-state index is 14.8. The standard InChI is InChI=1S/C20H21FN6O3/c1-12(28)24-10-16-11-27(20(29)30-16)15-6-7-17(18(21)9-15)14-4-2-13(3-5-14)8-19(22)25-26-23/h2-7,9,16H,8,10-11H2,1H3,(H,24,28)(H3,22,23,25)/p+1/t16-/m0/s1. The number of nitrogens with one attached hydrogen (secondary N) is 1. The van der Waals surface area contributed by atoms with Crippen LogP contribution >= 0.6 is 0 Å². The highest BCUT2D eigenvalue weighted by atomic mass is 19.1. The van der Waals surface area contributed by atoms with Crippen molar-refractivity contribution in [3.8, 4) is 11.1 Å². The minimum absolute atomic E-state index is 0.207. The van der Waals surface area contributed by atoms with Gasteiger partial charge in [-0.2, -0.15) is 0 Å². The number of hydrogen-bond acceptors (Lipinski definition) is 4. The number of amides is 2. The Morgan fingerprint density at radius 1 is 1.33 bits per heavy atom. The number of halogens is 1. The molecule has 1 heterocycles. The van der Waals surface area contributed by atoms with Gasteiger partial charge >= 0.3 is 11.9 Å². The Hall–Kier alpha value is -3.82. The summed E-state index contributed by atoms with van der Waals surface area (Å²) in [6.45, 7) is 1.82. The van der Waals surface area contributed by atoms with Crippen LogP contribution in [0.4, 0.5) is 14.9 Å². The molecule has 156 valence electrons. The third-order valence-corrected chi connectivity index (χ3v) is 4.55. The fourth-order valence-corrected chi connectivity index (χ4v) is 3.12. The predicted octanol–water partition coefficient (Wildman–Crippen LogP) is 0.980. The highest BCUT2D eigenvalue weighted by Gasteiger charge is 2.32. The molecule has 3 rings (SSSR count). The van der Waals surface area contributed by atoms with E-state index in [1.54, 1.807) is 24.3 Å². The molecule has 1 fully saturated rings. The highest BCUT2D eigenvalue weighted by Crippen LogP contribution is 2.29. The molecule has 0 unspecified atom stereocenters. The normalized spacial score (nSPS) is 16.0. The van der Waals surface area contributed by atoms with Crippen molar-refractivity contribution < 1.29 is 24.1 Å². The molecule has 0 saturated carbocycles. The third-order valence-electron chi connectivity index (χ3n) is 4.55. The summed E-state index contributed by atoms with van der Waals surface area (Å²) in [5, 5.41) is 15.0. The number of carbonyl (C=O) groups excluding carboxylic acids is 2. The average Bonchev–Trinajstić information content (AvgIpc) is 3.08. The fourth-order valence-electron chi connectivity index (χ4n) is 3.12. The number of rotatable bonds is 6. The average molecular weight is 413 g/mol. The lowest BCUT2D eigenvalue weighted by atomic mass is 10.0. The zero-order valence-corrected chi connectivity index (χ0v) is 16.3. The van der Waals surface area contributed by atoms with Gasteiger partial charge in [0.2, 0.25) is 5.91 Å². The molecule has 0 bridgehead atoms. The molecule has 2 amide bonds. The maximum atomic E-state index is 14.8. The van der Waals surface area contributed by atoms with Gasteiger partial charge in [0.1, 0.15) is 11.9 Å². The van der Waals surface area contributed by atoms with Gasteiger partial charge in [0.15, 0.2) is 0 Å². The van der Waals surface area contributed by atoms with Crippen LogP contribution in [0, 0.1) is 5.82 Å².